The zero-order chi connectivity index (χ0) is 18.4. The number of H-pyrrole nitrogens is 1. The Labute approximate surface area is 161 Å². The molecule has 0 bridgehead atoms. The highest BCUT2D eigenvalue weighted by atomic mass is 35.5. The number of aromatic nitrogens is 5. The van der Waals surface area contributed by atoms with Crippen molar-refractivity contribution in [3.8, 4) is 5.69 Å². The first-order valence-corrected chi connectivity index (χ1v) is 9.38. The van der Waals surface area contributed by atoms with Crippen molar-refractivity contribution in [3.05, 3.63) is 65.2 Å². The molecule has 0 saturated carbocycles. The summed E-state index contributed by atoms with van der Waals surface area (Å²) in [6, 6.07) is 13.4. The minimum atomic E-state index is 0.151. The van der Waals surface area contributed by atoms with Crippen LogP contribution in [0.15, 0.2) is 42.7 Å². The summed E-state index contributed by atoms with van der Waals surface area (Å²) in [6.45, 7) is 3.02. The topological polar surface area (TPSA) is 62.6 Å². The molecule has 0 amide bonds. The smallest absolute Gasteiger partial charge is 0.130 e. The second-order valence-corrected chi connectivity index (χ2v) is 7.24. The molecular weight excluding hydrogens is 360 g/mol. The van der Waals surface area contributed by atoms with Crippen molar-refractivity contribution in [2.45, 2.75) is 25.8 Å². The molecule has 1 N–H and O–H groups in total. The van der Waals surface area contributed by atoms with Crippen molar-refractivity contribution >= 4 is 28.3 Å². The van der Waals surface area contributed by atoms with E-state index in [2.05, 4.69) is 39.1 Å². The fourth-order valence-corrected chi connectivity index (χ4v) is 4.02. The highest BCUT2D eigenvalue weighted by Crippen LogP contribution is 2.39. The molecule has 2 aromatic heterocycles. The maximum atomic E-state index is 6.33. The van der Waals surface area contributed by atoms with Crippen LogP contribution in [0.4, 0.5) is 5.69 Å². The van der Waals surface area contributed by atoms with Crippen molar-refractivity contribution in [1.29, 1.82) is 0 Å². The van der Waals surface area contributed by atoms with Gasteiger partial charge in [0.05, 0.1) is 40.2 Å². The molecule has 3 heterocycles. The first-order valence-electron chi connectivity index (χ1n) is 9.00. The Kier molecular flexibility index (Phi) is 3.86. The number of benzene rings is 2. The third kappa shape index (κ3) is 2.77. The first-order chi connectivity index (χ1) is 13.2. The maximum Gasteiger partial charge on any atom is 0.130 e. The van der Waals surface area contributed by atoms with Gasteiger partial charge in [-0.2, -0.15) is 10.2 Å². The summed E-state index contributed by atoms with van der Waals surface area (Å²) in [6.07, 6.45) is 5.48. The minimum absolute atomic E-state index is 0.151. The number of aryl methyl sites for hydroxylation is 1. The van der Waals surface area contributed by atoms with E-state index in [0.717, 1.165) is 53.2 Å². The Morgan fingerprint density at radius 3 is 2.93 bits per heavy atom. The standard InChI is InChI=1S/C20H18ClN6/c1-13-7-8-16(27-22-9-10-23-27)18(12-13)26-11-3-6-17(26)20-24-15-5-2-4-14(21)19(15)25-20/h2,4-5,7,9-10,12,17H,3,6,11H2,1H3,(H,24,25)/t17-/m0/s1. The Morgan fingerprint density at radius 2 is 2.11 bits per heavy atom. The van der Waals surface area contributed by atoms with E-state index in [9.17, 15) is 0 Å². The van der Waals surface area contributed by atoms with Crippen molar-refractivity contribution in [2.24, 2.45) is 0 Å². The minimum Gasteiger partial charge on any atom is -0.360 e. The Hall–Kier alpha value is -2.86. The number of aromatic amines is 1. The van der Waals surface area contributed by atoms with Crippen LogP contribution >= 0.6 is 11.6 Å². The molecule has 4 aromatic rings. The lowest BCUT2D eigenvalue weighted by atomic mass is 10.1. The number of hydrogen-bond donors (Lipinski definition) is 1. The Morgan fingerprint density at radius 1 is 1.26 bits per heavy atom. The van der Waals surface area contributed by atoms with Crippen LogP contribution in [0.3, 0.4) is 0 Å². The first kappa shape index (κ1) is 16.3. The van der Waals surface area contributed by atoms with Gasteiger partial charge in [0, 0.05) is 12.6 Å². The van der Waals surface area contributed by atoms with E-state index in [0.29, 0.717) is 5.02 Å². The predicted octanol–water partition coefficient (Wildman–Crippen LogP) is 4.25. The number of nitrogens with zero attached hydrogens (tertiary/aromatic N) is 5. The number of nitrogens with one attached hydrogen (secondary N) is 1. The van der Waals surface area contributed by atoms with Crippen LogP contribution in [0.25, 0.3) is 16.7 Å². The van der Waals surface area contributed by atoms with E-state index in [1.54, 1.807) is 17.2 Å². The van der Waals surface area contributed by atoms with Gasteiger partial charge in [0.25, 0.3) is 0 Å². The molecule has 5 rings (SSSR count). The molecule has 6 nitrogen and oxygen atoms in total. The van der Waals surface area contributed by atoms with Gasteiger partial charge in [-0.05, 0) is 49.6 Å². The van der Waals surface area contributed by atoms with E-state index in [4.69, 9.17) is 16.6 Å². The number of anilines is 1. The highest BCUT2D eigenvalue weighted by molar-refractivity contribution is 6.34. The highest BCUT2D eigenvalue weighted by Gasteiger charge is 2.31. The lowest BCUT2D eigenvalue weighted by molar-refractivity contribution is 0.670. The van der Waals surface area contributed by atoms with Crippen LogP contribution in [0.5, 0.6) is 0 Å². The molecule has 135 valence electrons. The molecule has 1 fully saturated rings. The SMILES string of the molecule is Cc1c[c]c(-n2nccn2)c(N2CCC[C@H]2c2nc3cccc(Cl)c3[nH]2)c1. The van der Waals surface area contributed by atoms with Crippen molar-refractivity contribution in [1.82, 2.24) is 25.0 Å². The molecule has 1 radical (unpaired) electrons. The number of imidazole rings is 1. The van der Waals surface area contributed by atoms with Crippen molar-refractivity contribution in [3.63, 3.8) is 0 Å². The van der Waals surface area contributed by atoms with E-state index in [1.165, 1.54) is 0 Å². The molecule has 7 heteroatoms. The molecular formula is C20H18ClN6. The van der Waals surface area contributed by atoms with Crippen LogP contribution in [0.1, 0.15) is 30.3 Å². The second-order valence-electron chi connectivity index (χ2n) is 6.84. The fraction of sp³-hybridized carbons (Fsp3) is 0.250. The van der Waals surface area contributed by atoms with Gasteiger partial charge in [-0.15, -0.1) is 4.80 Å². The summed E-state index contributed by atoms with van der Waals surface area (Å²) in [7, 11) is 0. The van der Waals surface area contributed by atoms with Crippen LogP contribution in [0.2, 0.25) is 5.02 Å². The van der Waals surface area contributed by atoms with E-state index in [1.807, 2.05) is 24.3 Å². The third-order valence-corrected chi connectivity index (χ3v) is 5.34. The van der Waals surface area contributed by atoms with Gasteiger partial charge in [-0.3, -0.25) is 0 Å². The summed E-state index contributed by atoms with van der Waals surface area (Å²) < 4.78 is 0. The molecule has 0 aliphatic carbocycles. The fourth-order valence-electron chi connectivity index (χ4n) is 3.80. The molecule has 1 aliphatic rings. The monoisotopic (exact) mass is 377 g/mol. The molecule has 0 unspecified atom stereocenters. The number of para-hydroxylation sites is 1. The average molecular weight is 378 g/mol. The molecule has 0 spiro atoms. The zero-order valence-electron chi connectivity index (χ0n) is 14.9. The predicted molar refractivity (Wildman–Crippen MR) is 105 cm³/mol. The largest absolute Gasteiger partial charge is 0.360 e. The van der Waals surface area contributed by atoms with Crippen LogP contribution in [-0.2, 0) is 0 Å². The van der Waals surface area contributed by atoms with E-state index < -0.39 is 0 Å². The lowest BCUT2D eigenvalue weighted by Crippen LogP contribution is -2.25. The van der Waals surface area contributed by atoms with Gasteiger partial charge in [0.1, 0.15) is 11.5 Å². The number of halogens is 1. The van der Waals surface area contributed by atoms with Gasteiger partial charge in [0.15, 0.2) is 0 Å². The van der Waals surface area contributed by atoms with Gasteiger partial charge in [-0.1, -0.05) is 17.7 Å². The second kappa shape index (κ2) is 6.39. The maximum absolute atomic E-state index is 6.33. The lowest BCUT2D eigenvalue weighted by Gasteiger charge is -2.27. The molecule has 1 aliphatic heterocycles. The third-order valence-electron chi connectivity index (χ3n) is 5.03. The van der Waals surface area contributed by atoms with Gasteiger partial charge in [-0.25, -0.2) is 4.98 Å². The van der Waals surface area contributed by atoms with Crippen molar-refractivity contribution < 1.29 is 0 Å². The number of rotatable bonds is 3. The van der Waals surface area contributed by atoms with E-state index in [-0.39, 0.29) is 6.04 Å². The molecule has 27 heavy (non-hydrogen) atoms. The normalized spacial score (nSPS) is 17.1. The molecule has 1 saturated heterocycles. The number of fused-ring (bicyclic) bond motifs is 1. The van der Waals surface area contributed by atoms with Crippen LogP contribution in [-0.4, -0.2) is 31.5 Å². The van der Waals surface area contributed by atoms with Gasteiger partial charge >= 0.3 is 0 Å². The Bertz CT molecular complexity index is 1100. The van der Waals surface area contributed by atoms with Crippen LogP contribution in [0, 0.1) is 13.0 Å². The zero-order valence-corrected chi connectivity index (χ0v) is 15.6. The van der Waals surface area contributed by atoms with E-state index >= 15 is 0 Å². The number of hydrogen-bond acceptors (Lipinski definition) is 4. The molecule has 1 atom stereocenters. The average Bonchev–Trinajstić information content (AvgIpc) is 3.41. The molecule has 2 aromatic carbocycles. The van der Waals surface area contributed by atoms with Gasteiger partial charge in [0.2, 0.25) is 0 Å². The Balaban J connectivity index is 1.60. The summed E-state index contributed by atoms with van der Waals surface area (Å²) in [5, 5.41) is 9.29. The summed E-state index contributed by atoms with van der Waals surface area (Å²) >= 11 is 6.33. The van der Waals surface area contributed by atoms with Gasteiger partial charge < -0.3 is 9.88 Å². The summed E-state index contributed by atoms with van der Waals surface area (Å²) in [5.74, 6) is 0.941. The quantitative estimate of drug-likeness (QED) is 0.579. The van der Waals surface area contributed by atoms with Crippen molar-refractivity contribution in [2.75, 3.05) is 11.4 Å². The van der Waals surface area contributed by atoms with Crippen LogP contribution < -0.4 is 4.90 Å². The summed E-state index contributed by atoms with van der Waals surface area (Å²) in [5.41, 5.74) is 4.87. The summed E-state index contributed by atoms with van der Waals surface area (Å²) in [4.78, 5) is 12.3.